The van der Waals surface area contributed by atoms with Crippen molar-refractivity contribution in [2.24, 2.45) is 0 Å². The van der Waals surface area contributed by atoms with Gasteiger partial charge in [0.1, 0.15) is 0 Å². The Bertz CT molecular complexity index is 318. The second-order valence-corrected chi connectivity index (χ2v) is 7.84. The number of hydrogen-bond acceptors (Lipinski definition) is 3. The first kappa shape index (κ1) is 23.4. The van der Waals surface area contributed by atoms with Gasteiger partial charge < -0.3 is 14.7 Å². The summed E-state index contributed by atoms with van der Waals surface area (Å²) in [6.45, 7) is 12.0. The predicted molar refractivity (Wildman–Crippen MR) is 105 cm³/mol. The first-order chi connectivity index (χ1) is 11.3. The summed E-state index contributed by atoms with van der Waals surface area (Å²) >= 11 is 0. The highest BCUT2D eigenvalue weighted by atomic mass is 16.2. The smallest absolute Gasteiger partial charge is 0.222 e. The molecule has 0 unspecified atom stereocenters. The van der Waals surface area contributed by atoms with E-state index >= 15 is 0 Å². The van der Waals surface area contributed by atoms with Crippen LogP contribution in [0.15, 0.2) is 0 Å². The third kappa shape index (κ3) is 11.9. The molecule has 0 fully saturated rings. The summed E-state index contributed by atoms with van der Waals surface area (Å²) < 4.78 is 0. The summed E-state index contributed by atoms with van der Waals surface area (Å²) in [4.78, 5) is 18.7. The SMILES string of the molecule is CC(C)N(C)CCCCCCCC(=O)N(C)CCCN(C)C(C)C. The van der Waals surface area contributed by atoms with E-state index in [9.17, 15) is 4.79 Å². The molecule has 4 heteroatoms. The van der Waals surface area contributed by atoms with Gasteiger partial charge in [-0.1, -0.05) is 19.3 Å². The second-order valence-electron chi connectivity index (χ2n) is 7.84. The minimum absolute atomic E-state index is 0.307. The molecule has 1 amide bonds. The van der Waals surface area contributed by atoms with Crippen LogP contribution in [0.2, 0.25) is 0 Å². The molecule has 0 bridgehead atoms. The normalized spacial score (nSPS) is 12.0. The van der Waals surface area contributed by atoms with E-state index in [4.69, 9.17) is 0 Å². The molecule has 0 N–H and O–H groups in total. The minimum atomic E-state index is 0.307. The van der Waals surface area contributed by atoms with Crippen LogP contribution in [0.5, 0.6) is 0 Å². The van der Waals surface area contributed by atoms with Crippen molar-refractivity contribution in [3.05, 3.63) is 0 Å². The molecule has 0 aromatic carbocycles. The lowest BCUT2D eigenvalue weighted by atomic mass is 10.1. The Morgan fingerprint density at radius 3 is 1.67 bits per heavy atom. The first-order valence-electron chi connectivity index (χ1n) is 9.90. The molecule has 4 nitrogen and oxygen atoms in total. The Kier molecular flexibility index (Phi) is 13.3. The average molecular weight is 342 g/mol. The topological polar surface area (TPSA) is 26.8 Å². The van der Waals surface area contributed by atoms with Gasteiger partial charge in [0.15, 0.2) is 0 Å². The Labute approximate surface area is 151 Å². The van der Waals surface area contributed by atoms with Crippen LogP contribution in [0.25, 0.3) is 0 Å². The summed E-state index contributed by atoms with van der Waals surface area (Å²) in [5, 5.41) is 0. The zero-order valence-corrected chi connectivity index (χ0v) is 17.5. The molecule has 0 aromatic rings. The molecule has 0 saturated carbocycles. The lowest BCUT2D eigenvalue weighted by Crippen LogP contribution is -2.32. The number of carbonyl (C=O) groups is 1. The summed E-state index contributed by atoms with van der Waals surface area (Å²) in [6, 6.07) is 1.21. The molecule has 0 aliphatic carbocycles. The van der Waals surface area contributed by atoms with Crippen molar-refractivity contribution in [2.45, 2.75) is 84.7 Å². The van der Waals surface area contributed by atoms with Crippen LogP contribution in [-0.4, -0.2) is 73.5 Å². The van der Waals surface area contributed by atoms with Gasteiger partial charge in [-0.3, -0.25) is 4.79 Å². The quantitative estimate of drug-likeness (QED) is 0.449. The largest absolute Gasteiger partial charge is 0.346 e. The highest BCUT2D eigenvalue weighted by molar-refractivity contribution is 5.75. The number of hydrogen-bond donors (Lipinski definition) is 0. The standard InChI is InChI=1S/C20H43N3O/c1-18(2)21(5)15-12-10-8-9-11-14-20(24)23(7)17-13-16-22(6)19(3)4/h18-19H,8-17H2,1-7H3. The lowest BCUT2D eigenvalue weighted by molar-refractivity contribution is -0.130. The van der Waals surface area contributed by atoms with Crippen LogP contribution >= 0.6 is 0 Å². The molecule has 0 radical (unpaired) electrons. The third-order valence-corrected chi connectivity index (χ3v) is 5.09. The first-order valence-corrected chi connectivity index (χ1v) is 9.90. The molecule has 0 atom stereocenters. The molecule has 0 rings (SSSR count). The van der Waals surface area contributed by atoms with Gasteiger partial charge >= 0.3 is 0 Å². The van der Waals surface area contributed by atoms with Gasteiger partial charge in [-0.2, -0.15) is 0 Å². The van der Waals surface area contributed by atoms with E-state index < -0.39 is 0 Å². The molecule has 0 aromatic heterocycles. The lowest BCUT2D eigenvalue weighted by Gasteiger charge is -2.23. The van der Waals surface area contributed by atoms with Gasteiger partial charge in [0.25, 0.3) is 0 Å². The third-order valence-electron chi connectivity index (χ3n) is 5.09. The van der Waals surface area contributed by atoms with E-state index in [-0.39, 0.29) is 0 Å². The number of unbranched alkanes of at least 4 members (excludes halogenated alkanes) is 4. The van der Waals surface area contributed by atoms with Gasteiger partial charge in [0.2, 0.25) is 5.91 Å². The molecule has 0 aliphatic rings. The summed E-state index contributed by atoms with van der Waals surface area (Å²) in [7, 11) is 6.28. The highest BCUT2D eigenvalue weighted by Gasteiger charge is 2.09. The van der Waals surface area contributed by atoms with E-state index in [0.29, 0.717) is 24.4 Å². The Balaban J connectivity index is 3.57. The Morgan fingerprint density at radius 1 is 0.667 bits per heavy atom. The van der Waals surface area contributed by atoms with Crippen LogP contribution in [0, 0.1) is 0 Å². The molecule has 24 heavy (non-hydrogen) atoms. The van der Waals surface area contributed by atoms with E-state index in [1.165, 1.54) is 32.2 Å². The van der Waals surface area contributed by atoms with Crippen molar-refractivity contribution >= 4 is 5.91 Å². The van der Waals surface area contributed by atoms with Crippen LogP contribution in [0.3, 0.4) is 0 Å². The van der Waals surface area contributed by atoms with Crippen LogP contribution in [-0.2, 0) is 4.79 Å². The number of amides is 1. The number of nitrogens with zero attached hydrogens (tertiary/aromatic N) is 3. The molecule has 0 saturated heterocycles. The van der Waals surface area contributed by atoms with Gasteiger partial charge in [-0.05, 0) is 74.1 Å². The summed E-state index contributed by atoms with van der Waals surface area (Å²) in [5.74, 6) is 0.307. The zero-order valence-electron chi connectivity index (χ0n) is 17.5. The number of rotatable bonds is 14. The zero-order chi connectivity index (χ0) is 18.5. The monoisotopic (exact) mass is 341 g/mol. The Hall–Kier alpha value is -0.610. The summed E-state index contributed by atoms with van der Waals surface area (Å²) in [6.07, 6.45) is 7.79. The average Bonchev–Trinajstić information content (AvgIpc) is 2.52. The minimum Gasteiger partial charge on any atom is -0.346 e. The molecule has 0 spiro atoms. The van der Waals surface area contributed by atoms with Crippen molar-refractivity contribution in [2.75, 3.05) is 40.8 Å². The molecular formula is C20H43N3O. The maximum atomic E-state index is 12.1. The maximum Gasteiger partial charge on any atom is 0.222 e. The van der Waals surface area contributed by atoms with Crippen LogP contribution in [0.1, 0.15) is 72.6 Å². The van der Waals surface area contributed by atoms with Crippen molar-refractivity contribution in [1.29, 1.82) is 0 Å². The van der Waals surface area contributed by atoms with E-state index in [1.807, 2.05) is 11.9 Å². The molecule has 144 valence electrons. The predicted octanol–water partition coefficient (Wildman–Crippen LogP) is 3.86. The number of carbonyl (C=O) groups excluding carboxylic acids is 1. The fourth-order valence-electron chi connectivity index (χ4n) is 2.56. The Morgan fingerprint density at radius 2 is 1.12 bits per heavy atom. The van der Waals surface area contributed by atoms with E-state index in [2.05, 4.69) is 51.6 Å². The van der Waals surface area contributed by atoms with Gasteiger partial charge in [-0.25, -0.2) is 0 Å². The molecular weight excluding hydrogens is 298 g/mol. The van der Waals surface area contributed by atoms with Crippen LogP contribution in [0.4, 0.5) is 0 Å². The van der Waals surface area contributed by atoms with Gasteiger partial charge in [-0.15, -0.1) is 0 Å². The fraction of sp³-hybridized carbons (Fsp3) is 0.950. The van der Waals surface area contributed by atoms with Crippen molar-refractivity contribution < 1.29 is 4.79 Å². The van der Waals surface area contributed by atoms with Crippen LogP contribution < -0.4 is 0 Å². The van der Waals surface area contributed by atoms with E-state index in [1.54, 1.807) is 0 Å². The maximum absolute atomic E-state index is 12.1. The summed E-state index contributed by atoms with van der Waals surface area (Å²) in [5.41, 5.74) is 0. The van der Waals surface area contributed by atoms with Crippen molar-refractivity contribution in [1.82, 2.24) is 14.7 Å². The second kappa shape index (κ2) is 13.7. The van der Waals surface area contributed by atoms with Gasteiger partial charge in [0, 0.05) is 32.1 Å². The molecule has 0 heterocycles. The fourth-order valence-corrected chi connectivity index (χ4v) is 2.56. The van der Waals surface area contributed by atoms with Crippen molar-refractivity contribution in [3.8, 4) is 0 Å². The van der Waals surface area contributed by atoms with Gasteiger partial charge in [0.05, 0.1) is 0 Å². The van der Waals surface area contributed by atoms with Crippen molar-refractivity contribution in [3.63, 3.8) is 0 Å². The highest BCUT2D eigenvalue weighted by Crippen LogP contribution is 2.08. The molecule has 0 aliphatic heterocycles. The van der Waals surface area contributed by atoms with E-state index in [0.717, 1.165) is 25.9 Å².